The van der Waals surface area contributed by atoms with E-state index in [2.05, 4.69) is 15.3 Å². The molecule has 3 N–H and O–H groups in total. The van der Waals surface area contributed by atoms with Gasteiger partial charge in [0.25, 0.3) is 11.8 Å². The molecule has 33 heavy (non-hydrogen) atoms. The molecular weight excluding hydrogens is 422 g/mol. The number of nitrogen functional groups attached to an aromatic ring is 1. The van der Waals surface area contributed by atoms with Crippen molar-refractivity contribution in [3.05, 3.63) is 66.0 Å². The number of ether oxygens (including phenoxy) is 2. The largest absolute Gasteiger partial charge is 0.489 e. The summed E-state index contributed by atoms with van der Waals surface area (Å²) >= 11 is 0. The zero-order valence-corrected chi connectivity index (χ0v) is 18.3. The smallest absolute Gasteiger partial charge is 0.278 e. The van der Waals surface area contributed by atoms with Crippen LogP contribution in [0.15, 0.2) is 54.7 Å². The minimum absolute atomic E-state index is 0.0000679. The van der Waals surface area contributed by atoms with Gasteiger partial charge in [-0.05, 0) is 30.7 Å². The fraction of sp³-hybridized carbons (Fsp3) is 0.250. The van der Waals surface area contributed by atoms with Crippen molar-refractivity contribution in [3.63, 3.8) is 0 Å². The van der Waals surface area contributed by atoms with Crippen LogP contribution in [0.1, 0.15) is 27.3 Å². The Morgan fingerprint density at radius 2 is 1.76 bits per heavy atom. The van der Waals surface area contributed by atoms with Gasteiger partial charge < -0.3 is 25.4 Å². The number of rotatable bonds is 0. The molecule has 0 saturated heterocycles. The highest BCUT2D eigenvalue weighted by atomic mass is 16.5. The monoisotopic (exact) mass is 447 g/mol. The second-order valence-corrected chi connectivity index (χ2v) is 7.56. The van der Waals surface area contributed by atoms with Crippen molar-refractivity contribution in [2.75, 3.05) is 44.5 Å². The summed E-state index contributed by atoms with van der Waals surface area (Å²) in [6, 6.07) is 14.1. The summed E-state index contributed by atoms with van der Waals surface area (Å²) in [6.07, 6.45) is 2.20. The van der Waals surface area contributed by atoms with Gasteiger partial charge in [0.15, 0.2) is 11.5 Å². The summed E-state index contributed by atoms with van der Waals surface area (Å²) in [5, 5.41) is 2.80. The maximum atomic E-state index is 12.9. The number of nitrogens with zero attached hydrogens (tertiary/aromatic N) is 3. The highest BCUT2D eigenvalue weighted by Gasteiger charge is 2.18. The quantitative estimate of drug-likeness (QED) is 0.544. The third kappa shape index (κ3) is 5.27. The molecule has 0 fully saturated rings. The number of hydrogen-bond donors (Lipinski definition) is 2. The molecule has 0 radical (unpaired) electrons. The van der Waals surface area contributed by atoms with Crippen molar-refractivity contribution in [2.24, 2.45) is 0 Å². The lowest BCUT2D eigenvalue weighted by molar-refractivity contribution is 0.0734. The standard InChI is InChI=1S/C24H25N5O4/c1-29-11-4-12-32-13-14-33-20-6-3-2-5-18(20)28-23(30)21-22(25)26-15-19(27-21)16-7-9-17(10-8-16)24(29)31/h2-3,5-10,15H,4,11-14H2,1H3,(H2,25,26)(H,28,30). The van der Waals surface area contributed by atoms with Gasteiger partial charge in [0, 0.05) is 31.3 Å². The number of nitrogens with one attached hydrogen (secondary N) is 1. The maximum absolute atomic E-state index is 12.9. The molecule has 9 heteroatoms. The number of hydrogen-bond acceptors (Lipinski definition) is 7. The van der Waals surface area contributed by atoms with E-state index < -0.39 is 5.91 Å². The molecule has 3 heterocycles. The second-order valence-electron chi connectivity index (χ2n) is 7.56. The molecule has 2 amide bonds. The molecule has 2 aromatic carbocycles. The normalized spacial score (nSPS) is 15.4. The predicted octanol–water partition coefficient (Wildman–Crippen LogP) is 2.85. The zero-order valence-electron chi connectivity index (χ0n) is 18.3. The molecule has 0 spiro atoms. The molecule has 0 saturated carbocycles. The van der Waals surface area contributed by atoms with E-state index in [1.165, 1.54) is 6.20 Å². The van der Waals surface area contributed by atoms with E-state index in [0.29, 0.717) is 61.0 Å². The lowest BCUT2D eigenvalue weighted by Crippen LogP contribution is -2.28. The molecule has 170 valence electrons. The molecule has 3 aromatic rings. The summed E-state index contributed by atoms with van der Waals surface area (Å²) in [7, 11) is 1.76. The van der Waals surface area contributed by atoms with Gasteiger partial charge in [-0.15, -0.1) is 0 Å². The Morgan fingerprint density at radius 1 is 1.00 bits per heavy atom. The number of carbonyl (C=O) groups is 2. The average molecular weight is 447 g/mol. The molecule has 9 nitrogen and oxygen atoms in total. The van der Waals surface area contributed by atoms with E-state index in [-0.39, 0.29) is 17.4 Å². The van der Waals surface area contributed by atoms with Crippen LogP contribution in [-0.4, -0.2) is 60.1 Å². The number of anilines is 2. The van der Waals surface area contributed by atoms with Crippen LogP contribution in [0.4, 0.5) is 11.5 Å². The van der Waals surface area contributed by atoms with Crippen LogP contribution in [-0.2, 0) is 4.74 Å². The molecule has 0 aliphatic carbocycles. The van der Waals surface area contributed by atoms with Gasteiger partial charge in [0.05, 0.1) is 24.2 Å². The first kappa shape index (κ1) is 22.2. The van der Waals surface area contributed by atoms with Gasteiger partial charge in [-0.25, -0.2) is 9.97 Å². The number of benzene rings is 2. The number of nitrogens with two attached hydrogens (primary N) is 1. The Kier molecular flexibility index (Phi) is 6.80. The van der Waals surface area contributed by atoms with Gasteiger partial charge >= 0.3 is 0 Å². The van der Waals surface area contributed by atoms with Gasteiger partial charge in [-0.3, -0.25) is 9.59 Å². The number of para-hydroxylation sites is 2. The number of carbonyl (C=O) groups excluding carboxylic acids is 2. The summed E-state index contributed by atoms with van der Waals surface area (Å²) < 4.78 is 11.4. The summed E-state index contributed by atoms with van der Waals surface area (Å²) in [5.41, 5.74) is 8.18. The van der Waals surface area contributed by atoms with Crippen molar-refractivity contribution in [1.29, 1.82) is 0 Å². The Bertz CT molecular complexity index is 1150. The van der Waals surface area contributed by atoms with Crippen LogP contribution in [0.5, 0.6) is 5.75 Å². The van der Waals surface area contributed by atoms with Crippen molar-refractivity contribution in [1.82, 2.24) is 14.9 Å². The third-order valence-corrected chi connectivity index (χ3v) is 5.19. The fourth-order valence-electron chi connectivity index (χ4n) is 3.40. The number of aromatic nitrogens is 2. The SMILES string of the molecule is CN1CCCOCCOc2ccccc2NC(=O)c2nc(cnc2N)-c2ccc(cc2)C1=O. The lowest BCUT2D eigenvalue weighted by atomic mass is 10.1. The van der Waals surface area contributed by atoms with Gasteiger partial charge in [-0.2, -0.15) is 0 Å². The Labute approximate surface area is 191 Å². The predicted molar refractivity (Wildman–Crippen MR) is 124 cm³/mol. The molecule has 1 aromatic heterocycles. The van der Waals surface area contributed by atoms with Gasteiger partial charge in [0.1, 0.15) is 12.4 Å². The fourth-order valence-corrected chi connectivity index (χ4v) is 3.40. The molecule has 2 aliphatic heterocycles. The molecule has 2 aliphatic rings. The van der Waals surface area contributed by atoms with Crippen LogP contribution in [0.2, 0.25) is 0 Å². The summed E-state index contributed by atoms with van der Waals surface area (Å²) in [5.74, 6) is -0.0672. The van der Waals surface area contributed by atoms with Gasteiger partial charge in [-0.1, -0.05) is 24.3 Å². The summed E-state index contributed by atoms with van der Waals surface area (Å²) in [6.45, 7) is 1.76. The molecule has 0 atom stereocenters. The highest BCUT2D eigenvalue weighted by molar-refractivity contribution is 6.06. The zero-order chi connectivity index (χ0) is 23.2. The Morgan fingerprint density at radius 3 is 2.58 bits per heavy atom. The van der Waals surface area contributed by atoms with Crippen molar-refractivity contribution >= 4 is 23.3 Å². The van der Waals surface area contributed by atoms with Crippen molar-refractivity contribution < 1.29 is 19.1 Å². The van der Waals surface area contributed by atoms with E-state index in [9.17, 15) is 9.59 Å². The minimum Gasteiger partial charge on any atom is -0.489 e. The van der Waals surface area contributed by atoms with Crippen molar-refractivity contribution in [2.45, 2.75) is 6.42 Å². The molecular formula is C24H25N5O4. The lowest BCUT2D eigenvalue weighted by Gasteiger charge is -2.18. The van der Waals surface area contributed by atoms with Crippen molar-refractivity contribution in [3.8, 4) is 17.0 Å². The first-order valence-electron chi connectivity index (χ1n) is 10.6. The highest BCUT2D eigenvalue weighted by Crippen LogP contribution is 2.25. The van der Waals surface area contributed by atoms with E-state index in [1.807, 2.05) is 6.07 Å². The van der Waals surface area contributed by atoms with E-state index in [4.69, 9.17) is 15.2 Å². The second kappa shape index (κ2) is 10.1. The number of fused-ring (bicyclic) bond motifs is 11. The van der Waals surface area contributed by atoms with E-state index in [1.54, 1.807) is 54.4 Å². The maximum Gasteiger partial charge on any atom is 0.278 e. The molecule has 4 bridgehead atoms. The summed E-state index contributed by atoms with van der Waals surface area (Å²) in [4.78, 5) is 35.9. The minimum atomic E-state index is -0.503. The van der Waals surface area contributed by atoms with Crippen LogP contribution in [0, 0.1) is 0 Å². The topological polar surface area (TPSA) is 120 Å². The van der Waals surface area contributed by atoms with Crippen LogP contribution in [0.25, 0.3) is 11.3 Å². The van der Waals surface area contributed by atoms with Gasteiger partial charge in [0.2, 0.25) is 0 Å². The average Bonchev–Trinajstić information content (AvgIpc) is 2.83. The first-order chi connectivity index (χ1) is 16.0. The van der Waals surface area contributed by atoms with Crippen LogP contribution >= 0.6 is 0 Å². The molecule has 5 rings (SSSR count). The van der Waals surface area contributed by atoms with E-state index in [0.717, 1.165) is 0 Å². The van der Waals surface area contributed by atoms with E-state index >= 15 is 0 Å². The third-order valence-electron chi connectivity index (χ3n) is 5.19. The van der Waals surface area contributed by atoms with Crippen LogP contribution in [0.3, 0.4) is 0 Å². The Balaban J connectivity index is 1.67. The molecule has 0 unspecified atom stereocenters. The Hall–Kier alpha value is -3.98. The van der Waals surface area contributed by atoms with Crippen LogP contribution < -0.4 is 15.8 Å². The number of amides is 2. The first-order valence-corrected chi connectivity index (χ1v) is 10.6.